The van der Waals surface area contributed by atoms with Gasteiger partial charge >= 0.3 is 0 Å². The van der Waals surface area contributed by atoms with Crippen LogP contribution in [0.15, 0.2) is 59.3 Å². The number of nitrogens with one attached hydrogen (secondary N) is 1. The number of aromatic nitrogens is 3. The zero-order valence-electron chi connectivity index (χ0n) is 16.0. The number of carbonyl (C=O) groups excluding carboxylic acids is 1. The Bertz CT molecular complexity index is 1180. The lowest BCUT2D eigenvalue weighted by atomic mass is 9.91. The number of nitrogens with zero attached hydrogens (tertiary/aromatic N) is 3. The molecule has 146 valence electrons. The Kier molecular flexibility index (Phi) is 4.27. The maximum atomic E-state index is 12.6. The van der Waals surface area contributed by atoms with Crippen molar-refractivity contribution in [1.29, 1.82) is 0 Å². The maximum absolute atomic E-state index is 12.6. The monoisotopic (exact) mass is 388 g/mol. The van der Waals surface area contributed by atoms with Crippen molar-refractivity contribution in [3.8, 4) is 5.75 Å². The van der Waals surface area contributed by atoms with Crippen LogP contribution in [0.25, 0.3) is 11.0 Å². The Morgan fingerprint density at radius 2 is 2.07 bits per heavy atom. The van der Waals surface area contributed by atoms with E-state index in [1.807, 2.05) is 18.2 Å². The van der Waals surface area contributed by atoms with Crippen molar-refractivity contribution in [3.63, 3.8) is 0 Å². The number of hydrogen-bond donors (Lipinski definition) is 1. The van der Waals surface area contributed by atoms with E-state index in [1.165, 1.54) is 5.56 Å². The fourth-order valence-corrected chi connectivity index (χ4v) is 3.82. The summed E-state index contributed by atoms with van der Waals surface area (Å²) in [5.41, 5.74) is 2.63. The van der Waals surface area contributed by atoms with E-state index in [9.17, 15) is 4.79 Å². The summed E-state index contributed by atoms with van der Waals surface area (Å²) in [6.45, 7) is 0.885. The van der Waals surface area contributed by atoms with Gasteiger partial charge in [0.25, 0.3) is 5.91 Å². The van der Waals surface area contributed by atoms with Gasteiger partial charge in [-0.15, -0.1) is 10.2 Å². The first kappa shape index (κ1) is 17.5. The summed E-state index contributed by atoms with van der Waals surface area (Å²) in [6.07, 6.45) is 3.77. The standard InChI is InChI=1S/C22H20N4O3/c1-28-18-7-8-19-16(10-18)11-20(29-19)22(27)24-17-5-2-14(3-6-17)15-4-9-21-25-23-13-26(21)12-15/h2-3,5-8,10-11,13,15H,4,9,12H2,1H3,(H,24,27)/t15-/m1/s1. The van der Waals surface area contributed by atoms with Crippen molar-refractivity contribution in [3.05, 3.63) is 72.0 Å². The summed E-state index contributed by atoms with van der Waals surface area (Å²) < 4.78 is 13.0. The molecule has 0 fully saturated rings. The Morgan fingerprint density at radius 3 is 2.90 bits per heavy atom. The molecule has 7 nitrogen and oxygen atoms in total. The summed E-state index contributed by atoms with van der Waals surface area (Å²) in [5, 5.41) is 11.8. The van der Waals surface area contributed by atoms with Crippen LogP contribution < -0.4 is 10.1 Å². The third-order valence-corrected chi connectivity index (χ3v) is 5.42. The molecule has 29 heavy (non-hydrogen) atoms. The number of benzene rings is 2. The van der Waals surface area contributed by atoms with E-state index in [0.717, 1.165) is 42.0 Å². The number of anilines is 1. The highest BCUT2D eigenvalue weighted by molar-refractivity contribution is 6.04. The second-order valence-electron chi connectivity index (χ2n) is 7.23. The van der Waals surface area contributed by atoms with Gasteiger partial charge < -0.3 is 19.0 Å². The largest absolute Gasteiger partial charge is 0.497 e. The van der Waals surface area contributed by atoms with E-state index >= 15 is 0 Å². The van der Waals surface area contributed by atoms with Crippen LogP contribution in [0.1, 0.15) is 34.3 Å². The molecule has 0 bridgehead atoms. The van der Waals surface area contributed by atoms with Gasteiger partial charge in [0.05, 0.1) is 7.11 Å². The van der Waals surface area contributed by atoms with Crippen molar-refractivity contribution in [2.75, 3.05) is 12.4 Å². The Balaban J connectivity index is 1.29. The summed E-state index contributed by atoms with van der Waals surface area (Å²) in [6, 6.07) is 15.2. The molecule has 2 aromatic carbocycles. The first-order valence-electron chi connectivity index (χ1n) is 9.55. The van der Waals surface area contributed by atoms with Crippen LogP contribution in [-0.4, -0.2) is 27.8 Å². The summed E-state index contributed by atoms with van der Waals surface area (Å²) in [7, 11) is 1.61. The SMILES string of the molecule is COc1ccc2oc(C(=O)Nc3ccc([C@@H]4CCc5nncn5C4)cc3)cc2c1. The van der Waals surface area contributed by atoms with Crippen LogP contribution in [0.3, 0.4) is 0 Å². The van der Waals surface area contributed by atoms with Crippen LogP contribution in [0, 0.1) is 0 Å². The van der Waals surface area contributed by atoms with Gasteiger partial charge in [-0.1, -0.05) is 12.1 Å². The van der Waals surface area contributed by atoms with E-state index in [4.69, 9.17) is 9.15 Å². The van der Waals surface area contributed by atoms with Crippen molar-refractivity contribution >= 4 is 22.6 Å². The molecule has 4 aromatic rings. The van der Waals surface area contributed by atoms with E-state index < -0.39 is 0 Å². The number of hydrogen-bond acceptors (Lipinski definition) is 5. The fraction of sp³-hybridized carbons (Fsp3) is 0.227. The van der Waals surface area contributed by atoms with Crippen LogP contribution in [0.2, 0.25) is 0 Å². The van der Waals surface area contributed by atoms with E-state index in [2.05, 4.69) is 32.2 Å². The van der Waals surface area contributed by atoms with Crippen molar-refractivity contribution in [2.45, 2.75) is 25.3 Å². The third-order valence-electron chi connectivity index (χ3n) is 5.42. The van der Waals surface area contributed by atoms with Crippen LogP contribution in [0.5, 0.6) is 5.75 Å². The maximum Gasteiger partial charge on any atom is 0.291 e. The predicted octanol–water partition coefficient (Wildman–Crippen LogP) is 4.02. The molecule has 0 saturated carbocycles. The van der Waals surface area contributed by atoms with Gasteiger partial charge in [-0.3, -0.25) is 4.79 Å². The smallest absolute Gasteiger partial charge is 0.291 e. The van der Waals surface area contributed by atoms with Gasteiger partial charge in [-0.25, -0.2) is 0 Å². The quantitative estimate of drug-likeness (QED) is 0.571. The lowest BCUT2D eigenvalue weighted by Gasteiger charge is -2.23. The molecular formula is C22H20N4O3. The zero-order chi connectivity index (χ0) is 19.8. The van der Waals surface area contributed by atoms with Crippen molar-refractivity contribution in [1.82, 2.24) is 14.8 Å². The van der Waals surface area contributed by atoms with Crippen LogP contribution in [0.4, 0.5) is 5.69 Å². The first-order valence-corrected chi connectivity index (χ1v) is 9.55. The summed E-state index contributed by atoms with van der Waals surface area (Å²) in [4.78, 5) is 12.6. The van der Waals surface area contributed by atoms with Gasteiger partial charge in [-0.2, -0.15) is 0 Å². The molecule has 3 heterocycles. The summed E-state index contributed by atoms with van der Waals surface area (Å²) >= 11 is 0. The molecule has 1 atom stereocenters. The van der Waals surface area contributed by atoms with Crippen molar-refractivity contribution in [2.24, 2.45) is 0 Å². The number of amides is 1. The molecule has 0 spiro atoms. The Hall–Kier alpha value is -3.61. The molecule has 1 amide bonds. The highest BCUT2D eigenvalue weighted by Crippen LogP contribution is 2.29. The topological polar surface area (TPSA) is 82.2 Å². The number of ether oxygens (including phenoxy) is 1. The highest BCUT2D eigenvalue weighted by Gasteiger charge is 2.21. The average Bonchev–Trinajstić information content (AvgIpc) is 3.40. The molecule has 1 aliphatic heterocycles. The normalized spacial score (nSPS) is 15.8. The van der Waals surface area contributed by atoms with Gasteiger partial charge in [0.1, 0.15) is 23.5 Å². The van der Waals surface area contributed by atoms with E-state index in [-0.39, 0.29) is 11.7 Å². The zero-order valence-corrected chi connectivity index (χ0v) is 16.0. The van der Waals surface area contributed by atoms with Crippen LogP contribution >= 0.6 is 0 Å². The third kappa shape index (κ3) is 3.35. The molecular weight excluding hydrogens is 368 g/mol. The lowest BCUT2D eigenvalue weighted by Crippen LogP contribution is -2.18. The highest BCUT2D eigenvalue weighted by atomic mass is 16.5. The van der Waals surface area contributed by atoms with Gasteiger partial charge in [0.15, 0.2) is 5.76 Å². The number of fused-ring (bicyclic) bond motifs is 2. The lowest BCUT2D eigenvalue weighted by molar-refractivity contribution is 0.0998. The second kappa shape index (κ2) is 7.09. The van der Waals surface area contributed by atoms with E-state index in [0.29, 0.717) is 11.5 Å². The molecule has 5 rings (SSSR count). The molecule has 1 aliphatic rings. The number of rotatable bonds is 4. The molecule has 0 radical (unpaired) electrons. The average molecular weight is 388 g/mol. The fourth-order valence-electron chi connectivity index (χ4n) is 3.82. The molecule has 0 saturated heterocycles. The Morgan fingerprint density at radius 1 is 1.21 bits per heavy atom. The van der Waals surface area contributed by atoms with Crippen LogP contribution in [-0.2, 0) is 13.0 Å². The molecule has 0 aliphatic carbocycles. The van der Waals surface area contributed by atoms with E-state index in [1.54, 1.807) is 31.6 Å². The molecule has 7 heteroatoms. The van der Waals surface area contributed by atoms with Gasteiger partial charge in [-0.05, 0) is 48.4 Å². The number of furan rings is 1. The number of methoxy groups -OCH3 is 1. The van der Waals surface area contributed by atoms with Gasteiger partial charge in [0.2, 0.25) is 0 Å². The Labute approximate surface area is 167 Å². The van der Waals surface area contributed by atoms with Gasteiger partial charge in [0, 0.05) is 30.0 Å². The second-order valence-corrected chi connectivity index (χ2v) is 7.23. The molecule has 1 N–H and O–H groups in total. The first-order chi connectivity index (χ1) is 14.2. The predicted molar refractivity (Wildman–Crippen MR) is 108 cm³/mol. The molecule has 0 unspecified atom stereocenters. The minimum absolute atomic E-state index is 0.268. The molecule has 2 aromatic heterocycles. The minimum atomic E-state index is -0.278. The number of carbonyl (C=O) groups is 1. The summed E-state index contributed by atoms with van der Waals surface area (Å²) in [5.74, 6) is 2.19. The number of aryl methyl sites for hydroxylation is 1. The minimum Gasteiger partial charge on any atom is -0.497 e. The van der Waals surface area contributed by atoms with Crippen molar-refractivity contribution < 1.29 is 13.9 Å².